The summed E-state index contributed by atoms with van der Waals surface area (Å²) in [6, 6.07) is 3.97. The van der Waals surface area contributed by atoms with Crippen molar-refractivity contribution < 1.29 is 23.1 Å². The van der Waals surface area contributed by atoms with Gasteiger partial charge in [-0.05, 0) is 50.3 Å². The second-order valence-corrected chi connectivity index (χ2v) is 9.65. The number of rotatable bonds is 5. The zero-order valence-corrected chi connectivity index (χ0v) is 17.5. The Morgan fingerprint density at radius 2 is 1.82 bits per heavy atom. The third kappa shape index (κ3) is 4.18. The number of likely N-dealkylation sites (N-methyl/N-ethyl adjacent to an activating group) is 1. The molecule has 0 unspecified atom stereocenters. The molecule has 156 valence electrons. The normalized spacial score (nSPS) is 23.6. The van der Waals surface area contributed by atoms with E-state index >= 15 is 0 Å². The highest BCUT2D eigenvalue weighted by Gasteiger charge is 2.35. The van der Waals surface area contributed by atoms with Gasteiger partial charge in [-0.15, -0.1) is 0 Å². The van der Waals surface area contributed by atoms with Crippen LogP contribution in [-0.4, -0.2) is 68.0 Å². The van der Waals surface area contributed by atoms with E-state index in [1.165, 1.54) is 36.7 Å². The summed E-state index contributed by atoms with van der Waals surface area (Å²) < 4.78 is 32.9. The van der Waals surface area contributed by atoms with Crippen molar-refractivity contribution in [1.29, 1.82) is 0 Å². The van der Waals surface area contributed by atoms with Gasteiger partial charge in [0.05, 0.1) is 29.7 Å². The van der Waals surface area contributed by atoms with E-state index in [0.29, 0.717) is 31.7 Å². The van der Waals surface area contributed by atoms with E-state index < -0.39 is 22.2 Å². The number of carbonyl (C=O) groups excluding carboxylic acids is 1. The monoisotopic (exact) mass is 410 g/mol. The van der Waals surface area contributed by atoms with Gasteiger partial charge < -0.3 is 14.7 Å². The van der Waals surface area contributed by atoms with Gasteiger partial charge in [0.15, 0.2) is 0 Å². The molecule has 0 spiro atoms. The number of likely N-dealkylation sites (tertiary alicyclic amines) is 1. The first-order valence-corrected chi connectivity index (χ1v) is 11.4. The molecule has 0 bridgehead atoms. The number of nitrogens with zero attached hydrogens (tertiary/aromatic N) is 2. The summed E-state index contributed by atoms with van der Waals surface area (Å²) in [5.41, 5.74) is 0.267. The van der Waals surface area contributed by atoms with Crippen LogP contribution >= 0.6 is 0 Å². The lowest BCUT2D eigenvalue weighted by Gasteiger charge is -2.34. The molecule has 1 aromatic carbocycles. The summed E-state index contributed by atoms with van der Waals surface area (Å²) >= 11 is 0. The summed E-state index contributed by atoms with van der Waals surface area (Å²) in [6.45, 7) is 1.35. The third-order valence-corrected chi connectivity index (χ3v) is 7.76. The summed E-state index contributed by atoms with van der Waals surface area (Å²) in [5.74, 6) is 0.170. The first kappa shape index (κ1) is 21.1. The molecule has 0 aromatic heterocycles. The van der Waals surface area contributed by atoms with Gasteiger partial charge in [-0.2, -0.15) is 4.31 Å². The summed E-state index contributed by atoms with van der Waals surface area (Å²) in [4.78, 5) is 14.8. The molecule has 2 aliphatic rings. The maximum atomic E-state index is 13.2. The van der Waals surface area contributed by atoms with Gasteiger partial charge in [0.1, 0.15) is 5.75 Å². The Morgan fingerprint density at radius 1 is 1.14 bits per heavy atom. The predicted molar refractivity (Wildman–Crippen MR) is 106 cm³/mol. The smallest absolute Gasteiger partial charge is 0.257 e. The highest BCUT2D eigenvalue weighted by Crippen LogP contribution is 2.30. The van der Waals surface area contributed by atoms with E-state index in [4.69, 9.17) is 4.74 Å². The van der Waals surface area contributed by atoms with Gasteiger partial charge in [0.2, 0.25) is 10.0 Å². The van der Waals surface area contributed by atoms with Crippen LogP contribution in [0, 0.1) is 0 Å². The summed E-state index contributed by atoms with van der Waals surface area (Å²) in [5, 5.41) is 10.3. The Bertz CT molecular complexity index is 805. The molecule has 28 heavy (non-hydrogen) atoms. The number of sulfonamides is 1. The Kier molecular flexibility index (Phi) is 6.62. The molecule has 2 fully saturated rings. The number of ether oxygens (including phenoxy) is 1. The fourth-order valence-corrected chi connectivity index (χ4v) is 5.58. The Morgan fingerprint density at radius 3 is 2.46 bits per heavy atom. The maximum absolute atomic E-state index is 13.2. The van der Waals surface area contributed by atoms with E-state index in [2.05, 4.69) is 0 Å². The number of aliphatic hydroxyl groups is 1. The average Bonchev–Trinajstić information content (AvgIpc) is 2.73. The molecule has 3 rings (SSSR count). The van der Waals surface area contributed by atoms with E-state index in [1.807, 2.05) is 0 Å². The molecule has 1 aliphatic carbocycles. The number of benzene rings is 1. The number of methoxy groups -OCH3 is 1. The van der Waals surface area contributed by atoms with Crippen molar-refractivity contribution in [2.75, 3.05) is 27.2 Å². The molecule has 1 heterocycles. The molecule has 1 N–H and O–H groups in total. The van der Waals surface area contributed by atoms with Gasteiger partial charge in [-0.25, -0.2) is 8.42 Å². The van der Waals surface area contributed by atoms with E-state index in [9.17, 15) is 18.3 Å². The fourth-order valence-electron chi connectivity index (χ4n) is 4.14. The lowest BCUT2D eigenvalue weighted by atomic mass is 9.93. The zero-order chi connectivity index (χ0) is 20.3. The largest absolute Gasteiger partial charge is 0.496 e. The Balaban J connectivity index is 1.91. The van der Waals surface area contributed by atoms with Crippen LogP contribution in [0.5, 0.6) is 5.75 Å². The van der Waals surface area contributed by atoms with Crippen molar-refractivity contribution in [3.63, 3.8) is 0 Å². The molecule has 1 saturated carbocycles. The molecule has 7 nitrogen and oxygen atoms in total. The topological polar surface area (TPSA) is 87.1 Å². The van der Waals surface area contributed by atoms with Crippen LogP contribution in [0.4, 0.5) is 0 Å². The number of hydrogen-bond acceptors (Lipinski definition) is 5. The van der Waals surface area contributed by atoms with Crippen LogP contribution < -0.4 is 4.74 Å². The Labute approximate surface area is 167 Å². The van der Waals surface area contributed by atoms with Crippen molar-refractivity contribution >= 4 is 15.9 Å². The minimum atomic E-state index is -3.84. The van der Waals surface area contributed by atoms with Crippen LogP contribution in [0.3, 0.4) is 0 Å². The average molecular weight is 411 g/mol. The second kappa shape index (κ2) is 8.80. The summed E-state index contributed by atoms with van der Waals surface area (Å²) in [7, 11) is -0.858. The lowest BCUT2D eigenvalue weighted by Crippen LogP contribution is -2.46. The molecule has 1 aliphatic heterocycles. The SMILES string of the molecule is COc1ccc(S(=O)(=O)N(C)[C@@H]2CCCC[C@H]2O)cc1C(=O)N1CCCCC1. The maximum Gasteiger partial charge on any atom is 0.257 e. The zero-order valence-electron chi connectivity index (χ0n) is 16.6. The van der Waals surface area contributed by atoms with Gasteiger partial charge in [-0.3, -0.25) is 4.79 Å². The van der Waals surface area contributed by atoms with Crippen molar-refractivity contribution in [3.05, 3.63) is 23.8 Å². The first-order chi connectivity index (χ1) is 13.4. The minimum absolute atomic E-state index is 0.0499. The van der Waals surface area contributed by atoms with Crippen LogP contribution in [0.15, 0.2) is 23.1 Å². The Hall–Kier alpha value is -1.64. The number of piperidine rings is 1. The number of hydrogen-bond donors (Lipinski definition) is 1. The highest BCUT2D eigenvalue weighted by molar-refractivity contribution is 7.89. The molecule has 1 saturated heterocycles. The van der Waals surface area contributed by atoms with Crippen molar-refractivity contribution in [3.8, 4) is 5.75 Å². The predicted octanol–water partition coefficient (Wildman–Crippen LogP) is 2.25. The second-order valence-electron chi connectivity index (χ2n) is 7.66. The van der Waals surface area contributed by atoms with Gasteiger partial charge in [0, 0.05) is 20.1 Å². The molecular weight excluding hydrogens is 380 g/mol. The molecule has 1 aromatic rings. The van der Waals surface area contributed by atoms with Crippen LogP contribution in [0.1, 0.15) is 55.3 Å². The van der Waals surface area contributed by atoms with E-state index in [-0.39, 0.29) is 16.4 Å². The minimum Gasteiger partial charge on any atom is -0.496 e. The van der Waals surface area contributed by atoms with Gasteiger partial charge in [-0.1, -0.05) is 12.8 Å². The van der Waals surface area contributed by atoms with Crippen LogP contribution in [-0.2, 0) is 10.0 Å². The number of amides is 1. The number of aliphatic hydroxyl groups excluding tert-OH is 1. The van der Waals surface area contributed by atoms with Crippen molar-refractivity contribution in [1.82, 2.24) is 9.21 Å². The lowest BCUT2D eigenvalue weighted by molar-refractivity contribution is 0.0637. The molecule has 1 amide bonds. The quantitative estimate of drug-likeness (QED) is 0.804. The number of carbonyl (C=O) groups is 1. The van der Waals surface area contributed by atoms with Crippen molar-refractivity contribution in [2.24, 2.45) is 0 Å². The first-order valence-electron chi connectivity index (χ1n) is 9.99. The molecule has 2 atom stereocenters. The fraction of sp³-hybridized carbons (Fsp3) is 0.650. The van der Waals surface area contributed by atoms with Crippen LogP contribution in [0.25, 0.3) is 0 Å². The van der Waals surface area contributed by atoms with Gasteiger partial charge >= 0.3 is 0 Å². The van der Waals surface area contributed by atoms with Gasteiger partial charge in [0.25, 0.3) is 5.91 Å². The van der Waals surface area contributed by atoms with E-state index in [0.717, 1.165) is 32.1 Å². The van der Waals surface area contributed by atoms with Crippen molar-refractivity contribution in [2.45, 2.75) is 62.0 Å². The molecular formula is C20H30N2O5S. The molecule has 8 heteroatoms. The summed E-state index contributed by atoms with van der Waals surface area (Å²) in [6.07, 6.45) is 5.37. The standard InChI is InChI=1S/C20H30N2O5S/c1-21(17-8-4-5-9-18(17)23)28(25,26)15-10-11-19(27-2)16(14-15)20(24)22-12-6-3-7-13-22/h10-11,14,17-18,23H,3-9,12-13H2,1-2H3/t17-,18-/m1/s1. The third-order valence-electron chi connectivity index (χ3n) is 5.88. The van der Waals surface area contributed by atoms with Crippen LogP contribution in [0.2, 0.25) is 0 Å². The van der Waals surface area contributed by atoms with E-state index in [1.54, 1.807) is 4.90 Å². The highest BCUT2D eigenvalue weighted by atomic mass is 32.2. The molecule has 0 radical (unpaired) electrons.